The van der Waals surface area contributed by atoms with Crippen molar-refractivity contribution in [1.29, 1.82) is 0 Å². The number of benzene rings is 1. The SMILES string of the molecule is O=C(Nc1ccc(Cc2nnn[nH]2)cc1)C(F)(F)C(F)(F)C(F)(F)C(F)(F)C(F)(F)C(F)(F)C(F)(F)C(F)(F)C(F)(F)C(F)F. The number of H-pyrrole nitrogens is 1. The van der Waals surface area contributed by atoms with Crippen LogP contribution in [0.25, 0.3) is 0 Å². The van der Waals surface area contributed by atoms with E-state index in [1.54, 1.807) is 0 Å². The van der Waals surface area contributed by atoms with Gasteiger partial charge in [0.05, 0.1) is 0 Å². The predicted octanol–water partition coefficient (Wildman–Crippen LogP) is 6.71. The van der Waals surface area contributed by atoms with E-state index in [-0.39, 0.29) is 17.8 Å². The fourth-order valence-electron chi connectivity index (χ4n) is 3.03. The molecular formula is C19H9F20N5O. The summed E-state index contributed by atoms with van der Waals surface area (Å²) >= 11 is 0. The number of aromatic nitrogens is 4. The third-order valence-corrected chi connectivity index (χ3v) is 5.71. The minimum atomic E-state index is -9.15. The maximum absolute atomic E-state index is 14.1. The molecule has 0 spiro atoms. The third-order valence-electron chi connectivity index (χ3n) is 5.71. The number of rotatable bonds is 13. The number of anilines is 1. The van der Waals surface area contributed by atoms with Crippen LogP contribution in [0.4, 0.5) is 93.5 Å². The number of aromatic amines is 1. The molecule has 1 aromatic heterocycles. The van der Waals surface area contributed by atoms with Crippen LogP contribution in [0.5, 0.6) is 0 Å². The second kappa shape index (κ2) is 11.0. The Morgan fingerprint density at radius 3 is 1.42 bits per heavy atom. The lowest BCUT2D eigenvalue weighted by Crippen LogP contribution is -2.77. The number of hydrogen-bond acceptors (Lipinski definition) is 4. The van der Waals surface area contributed by atoms with Crippen LogP contribution in [0.2, 0.25) is 0 Å². The van der Waals surface area contributed by atoms with Crippen LogP contribution in [0.1, 0.15) is 11.4 Å². The summed E-state index contributed by atoms with van der Waals surface area (Å²) in [5.41, 5.74) is -0.879. The van der Waals surface area contributed by atoms with Crippen LogP contribution in [0.15, 0.2) is 24.3 Å². The minimum absolute atomic E-state index is 0.0627. The first-order chi connectivity index (χ1) is 19.9. The number of carbonyl (C=O) groups excluding carboxylic acids is 1. The van der Waals surface area contributed by atoms with E-state index in [0.717, 1.165) is 17.4 Å². The largest absolute Gasteiger partial charge is 0.393 e. The van der Waals surface area contributed by atoms with Crippen LogP contribution in [-0.2, 0) is 11.2 Å². The van der Waals surface area contributed by atoms with Crippen molar-refractivity contribution in [2.24, 2.45) is 0 Å². The number of amides is 1. The van der Waals surface area contributed by atoms with Gasteiger partial charge >= 0.3 is 65.6 Å². The van der Waals surface area contributed by atoms with Crippen molar-refractivity contribution < 1.29 is 92.6 Å². The first-order valence-electron chi connectivity index (χ1n) is 10.7. The zero-order valence-corrected chi connectivity index (χ0v) is 20.4. The zero-order chi connectivity index (χ0) is 35.5. The van der Waals surface area contributed by atoms with Crippen LogP contribution < -0.4 is 5.32 Å². The van der Waals surface area contributed by atoms with Gasteiger partial charge in [0, 0.05) is 12.1 Å². The molecule has 0 radical (unpaired) electrons. The molecule has 2 rings (SSSR count). The van der Waals surface area contributed by atoms with Gasteiger partial charge in [-0.1, -0.05) is 12.1 Å². The lowest BCUT2D eigenvalue weighted by molar-refractivity contribution is -0.463. The highest BCUT2D eigenvalue weighted by molar-refractivity contribution is 5.97. The van der Waals surface area contributed by atoms with E-state index in [2.05, 4.69) is 20.6 Å². The fraction of sp³-hybridized carbons (Fsp3) is 0.579. The average Bonchev–Trinajstić information content (AvgIpc) is 3.41. The van der Waals surface area contributed by atoms with Gasteiger partial charge in [0.25, 0.3) is 0 Å². The fourth-order valence-corrected chi connectivity index (χ4v) is 3.03. The quantitative estimate of drug-likeness (QED) is 0.228. The van der Waals surface area contributed by atoms with Gasteiger partial charge < -0.3 is 5.32 Å². The topological polar surface area (TPSA) is 83.6 Å². The first-order valence-corrected chi connectivity index (χ1v) is 10.7. The lowest BCUT2D eigenvalue weighted by atomic mass is 9.86. The maximum atomic E-state index is 14.1. The monoisotopic (exact) mass is 703 g/mol. The molecule has 1 amide bonds. The van der Waals surface area contributed by atoms with Gasteiger partial charge in [-0.15, -0.1) is 5.10 Å². The number of carbonyl (C=O) groups is 1. The molecule has 0 saturated heterocycles. The van der Waals surface area contributed by atoms with E-state index < -0.39 is 71.3 Å². The Hall–Kier alpha value is -3.64. The summed E-state index contributed by atoms with van der Waals surface area (Å²) in [6.45, 7) is 0. The molecule has 0 aliphatic rings. The Morgan fingerprint density at radius 2 is 1.04 bits per heavy atom. The van der Waals surface area contributed by atoms with E-state index in [9.17, 15) is 92.6 Å². The minimum Gasteiger partial charge on any atom is -0.321 e. The van der Waals surface area contributed by atoms with Crippen molar-refractivity contribution in [1.82, 2.24) is 20.6 Å². The first kappa shape index (κ1) is 37.5. The van der Waals surface area contributed by atoms with Crippen LogP contribution >= 0.6 is 0 Å². The molecular weight excluding hydrogens is 694 g/mol. The summed E-state index contributed by atoms with van der Waals surface area (Å²) in [4.78, 5) is 11.6. The standard InChI is InChI=1S/C19H9F20N5O/c20-9(21)11(22,23)13(26,27)15(30,31)17(34,35)19(38,39)18(36,37)16(32,33)14(28,29)12(24,25)10(45)40-7-3-1-6(2-4-7)5-8-41-43-44-42-8/h1-4,9H,5H2,(H,40,45)(H,41,42,43,44). The van der Waals surface area contributed by atoms with E-state index >= 15 is 0 Å². The lowest BCUT2D eigenvalue weighted by Gasteiger charge is -2.44. The molecule has 26 heteroatoms. The van der Waals surface area contributed by atoms with Crippen molar-refractivity contribution in [3.05, 3.63) is 35.7 Å². The highest BCUT2D eigenvalue weighted by atomic mass is 19.4. The van der Waals surface area contributed by atoms with Gasteiger partial charge in [0.1, 0.15) is 0 Å². The summed E-state index contributed by atoms with van der Waals surface area (Å²) < 4.78 is 270. The number of alkyl halides is 20. The Labute approximate surface area is 233 Å². The van der Waals surface area contributed by atoms with Crippen molar-refractivity contribution >= 4 is 11.6 Å². The molecule has 2 N–H and O–H groups in total. The van der Waals surface area contributed by atoms with E-state index in [1.165, 1.54) is 0 Å². The summed E-state index contributed by atoms with van der Waals surface area (Å²) in [5, 5.41) is 12.7. The van der Waals surface area contributed by atoms with Gasteiger partial charge in [-0.2, -0.15) is 79.0 Å². The molecule has 2 aromatic rings. The van der Waals surface area contributed by atoms with Crippen molar-refractivity contribution in [3.63, 3.8) is 0 Å². The molecule has 256 valence electrons. The molecule has 0 aliphatic heterocycles. The Kier molecular flexibility index (Phi) is 9.19. The third kappa shape index (κ3) is 5.35. The van der Waals surface area contributed by atoms with Gasteiger partial charge in [-0.05, 0) is 28.1 Å². The highest BCUT2D eigenvalue weighted by Gasteiger charge is 2.97. The zero-order valence-electron chi connectivity index (χ0n) is 20.4. The summed E-state index contributed by atoms with van der Waals surface area (Å²) in [6, 6.07) is 2.91. The second-order valence-electron chi connectivity index (χ2n) is 8.69. The molecule has 45 heavy (non-hydrogen) atoms. The number of halogens is 20. The number of nitrogens with zero attached hydrogens (tertiary/aromatic N) is 3. The van der Waals surface area contributed by atoms with Gasteiger partial charge in [-0.25, -0.2) is 13.9 Å². The van der Waals surface area contributed by atoms with Crippen LogP contribution in [0.3, 0.4) is 0 Å². The van der Waals surface area contributed by atoms with Gasteiger partial charge in [0.2, 0.25) is 0 Å². The molecule has 0 unspecified atom stereocenters. The molecule has 6 nitrogen and oxygen atoms in total. The number of tetrazole rings is 1. The Balaban J connectivity index is 2.47. The maximum Gasteiger partial charge on any atom is 0.393 e. The second-order valence-corrected chi connectivity index (χ2v) is 8.69. The molecule has 0 saturated carbocycles. The molecule has 0 fully saturated rings. The van der Waals surface area contributed by atoms with Gasteiger partial charge in [0.15, 0.2) is 5.82 Å². The number of hydrogen-bond donors (Lipinski definition) is 2. The predicted molar refractivity (Wildman–Crippen MR) is 103 cm³/mol. The smallest absolute Gasteiger partial charge is 0.321 e. The molecule has 1 aromatic carbocycles. The van der Waals surface area contributed by atoms with Crippen molar-refractivity contribution in [2.75, 3.05) is 5.32 Å². The van der Waals surface area contributed by atoms with E-state index in [1.807, 2.05) is 0 Å². The van der Waals surface area contributed by atoms with Crippen molar-refractivity contribution in [3.8, 4) is 0 Å². The van der Waals surface area contributed by atoms with Gasteiger partial charge in [-0.3, -0.25) is 4.79 Å². The molecule has 0 atom stereocenters. The summed E-state index contributed by atoms with van der Waals surface area (Å²) in [6.07, 6.45) is -6.30. The normalized spacial score (nSPS) is 15.0. The van der Waals surface area contributed by atoms with Crippen LogP contribution in [0, 0.1) is 0 Å². The van der Waals surface area contributed by atoms with Crippen LogP contribution in [-0.4, -0.2) is 86.3 Å². The van der Waals surface area contributed by atoms with E-state index in [4.69, 9.17) is 0 Å². The van der Waals surface area contributed by atoms with E-state index in [0.29, 0.717) is 12.1 Å². The molecule has 0 aliphatic carbocycles. The number of nitrogens with one attached hydrogen (secondary N) is 2. The molecule has 1 heterocycles. The summed E-state index contributed by atoms with van der Waals surface area (Å²) in [5.74, 6) is -80.7. The Bertz CT molecular complexity index is 1340. The Morgan fingerprint density at radius 1 is 0.644 bits per heavy atom. The average molecular weight is 703 g/mol. The van der Waals surface area contributed by atoms with Crippen molar-refractivity contribution in [2.45, 2.75) is 66.1 Å². The highest BCUT2D eigenvalue weighted by Crippen LogP contribution is 2.65. The molecule has 0 bridgehead atoms. The summed E-state index contributed by atoms with van der Waals surface area (Å²) in [7, 11) is 0.